The van der Waals surface area contributed by atoms with Gasteiger partial charge in [-0.05, 0) is 49.9 Å². The molecule has 0 aliphatic carbocycles. The first kappa shape index (κ1) is 15.4. The van der Waals surface area contributed by atoms with Gasteiger partial charge in [-0.2, -0.15) is 0 Å². The van der Waals surface area contributed by atoms with Gasteiger partial charge in [-0.25, -0.2) is 0 Å². The molecule has 2 aliphatic heterocycles. The Labute approximate surface area is 142 Å². The summed E-state index contributed by atoms with van der Waals surface area (Å²) in [4.78, 5) is 19.5. The minimum Gasteiger partial charge on any atom is -0.381 e. The summed E-state index contributed by atoms with van der Waals surface area (Å²) >= 11 is 0. The number of rotatable bonds is 3. The number of pyridine rings is 1. The van der Waals surface area contributed by atoms with Gasteiger partial charge < -0.3 is 15.0 Å². The van der Waals surface area contributed by atoms with Crippen LogP contribution in [-0.2, 0) is 9.53 Å². The number of ether oxygens (including phenoxy) is 1. The third-order valence-electron chi connectivity index (χ3n) is 5.05. The topological polar surface area (TPSA) is 54.5 Å². The van der Waals surface area contributed by atoms with Crippen molar-refractivity contribution in [2.75, 3.05) is 36.5 Å². The number of nitrogens with zero attached hydrogens (tertiary/aromatic N) is 2. The predicted octanol–water partition coefficient (Wildman–Crippen LogP) is 3.20. The van der Waals surface area contributed by atoms with Gasteiger partial charge in [-0.3, -0.25) is 9.78 Å². The van der Waals surface area contributed by atoms with Gasteiger partial charge in [0, 0.05) is 43.8 Å². The SMILES string of the molecule is O=C(Nc1ccc(N2CCCC2)c2ncccc12)C1CCOCC1. The molecule has 1 aromatic heterocycles. The number of nitrogens with one attached hydrogen (secondary N) is 1. The Morgan fingerprint density at radius 2 is 1.96 bits per heavy atom. The van der Waals surface area contributed by atoms with Crippen molar-refractivity contribution >= 4 is 28.2 Å². The molecule has 0 spiro atoms. The van der Waals surface area contributed by atoms with Crippen molar-refractivity contribution in [3.05, 3.63) is 30.5 Å². The molecule has 2 saturated heterocycles. The van der Waals surface area contributed by atoms with Gasteiger partial charge in [-0.1, -0.05) is 0 Å². The van der Waals surface area contributed by atoms with Crippen LogP contribution in [0.5, 0.6) is 0 Å². The van der Waals surface area contributed by atoms with Crippen LogP contribution in [0.3, 0.4) is 0 Å². The van der Waals surface area contributed by atoms with Crippen molar-refractivity contribution in [3.8, 4) is 0 Å². The van der Waals surface area contributed by atoms with Crippen LogP contribution in [-0.4, -0.2) is 37.2 Å². The molecule has 0 saturated carbocycles. The molecule has 0 bridgehead atoms. The molecule has 1 aromatic carbocycles. The number of fused-ring (bicyclic) bond motifs is 1. The van der Waals surface area contributed by atoms with Crippen molar-refractivity contribution in [2.24, 2.45) is 5.92 Å². The highest BCUT2D eigenvalue weighted by Crippen LogP contribution is 2.33. The van der Waals surface area contributed by atoms with Crippen LogP contribution in [0.4, 0.5) is 11.4 Å². The highest BCUT2D eigenvalue weighted by molar-refractivity contribution is 6.05. The van der Waals surface area contributed by atoms with E-state index >= 15 is 0 Å². The quantitative estimate of drug-likeness (QED) is 0.941. The summed E-state index contributed by atoms with van der Waals surface area (Å²) in [6.07, 6.45) is 5.89. The summed E-state index contributed by atoms with van der Waals surface area (Å²) in [5.74, 6) is 0.140. The van der Waals surface area contributed by atoms with Gasteiger partial charge in [0.15, 0.2) is 0 Å². The number of hydrogen-bond donors (Lipinski definition) is 1. The molecule has 126 valence electrons. The second-order valence-corrected chi connectivity index (χ2v) is 6.60. The predicted molar refractivity (Wildman–Crippen MR) is 95.4 cm³/mol. The van der Waals surface area contributed by atoms with E-state index in [4.69, 9.17) is 4.74 Å². The molecule has 5 heteroatoms. The van der Waals surface area contributed by atoms with Crippen LogP contribution in [0, 0.1) is 5.92 Å². The second kappa shape index (κ2) is 6.77. The van der Waals surface area contributed by atoms with Crippen LogP contribution >= 0.6 is 0 Å². The van der Waals surface area contributed by atoms with E-state index in [-0.39, 0.29) is 11.8 Å². The number of carbonyl (C=O) groups is 1. The summed E-state index contributed by atoms with van der Waals surface area (Å²) in [6.45, 7) is 3.52. The fourth-order valence-corrected chi connectivity index (χ4v) is 3.67. The monoisotopic (exact) mass is 325 g/mol. The fraction of sp³-hybridized carbons (Fsp3) is 0.474. The first-order valence-electron chi connectivity index (χ1n) is 8.84. The number of aromatic nitrogens is 1. The number of amides is 1. The molecule has 0 unspecified atom stereocenters. The van der Waals surface area contributed by atoms with Crippen LogP contribution in [0.2, 0.25) is 0 Å². The maximum absolute atomic E-state index is 12.6. The average Bonchev–Trinajstić information content (AvgIpc) is 3.17. The number of carbonyl (C=O) groups excluding carboxylic acids is 1. The summed E-state index contributed by atoms with van der Waals surface area (Å²) < 4.78 is 5.35. The van der Waals surface area contributed by atoms with Crippen molar-refractivity contribution in [1.29, 1.82) is 0 Å². The summed E-state index contributed by atoms with van der Waals surface area (Å²) in [6, 6.07) is 8.09. The molecule has 4 rings (SSSR count). The lowest BCUT2D eigenvalue weighted by Crippen LogP contribution is -2.28. The van der Waals surface area contributed by atoms with Gasteiger partial charge in [0.25, 0.3) is 0 Å². The first-order valence-corrected chi connectivity index (χ1v) is 8.84. The van der Waals surface area contributed by atoms with E-state index in [1.807, 2.05) is 24.4 Å². The van der Waals surface area contributed by atoms with Crippen LogP contribution < -0.4 is 10.2 Å². The minimum atomic E-state index is 0.0451. The summed E-state index contributed by atoms with van der Waals surface area (Å²) in [5, 5.41) is 4.14. The Hall–Kier alpha value is -2.14. The third kappa shape index (κ3) is 2.96. The number of benzene rings is 1. The zero-order valence-corrected chi connectivity index (χ0v) is 13.8. The van der Waals surface area contributed by atoms with Crippen molar-refractivity contribution in [2.45, 2.75) is 25.7 Å². The average molecular weight is 325 g/mol. The van der Waals surface area contributed by atoms with E-state index in [9.17, 15) is 4.79 Å². The Morgan fingerprint density at radius 3 is 2.75 bits per heavy atom. The summed E-state index contributed by atoms with van der Waals surface area (Å²) in [7, 11) is 0. The van der Waals surface area contributed by atoms with E-state index < -0.39 is 0 Å². The molecule has 1 amide bonds. The molecule has 1 N–H and O–H groups in total. The van der Waals surface area contributed by atoms with E-state index in [0.29, 0.717) is 13.2 Å². The van der Waals surface area contributed by atoms with Crippen LogP contribution in [0.1, 0.15) is 25.7 Å². The molecule has 0 radical (unpaired) electrons. The normalized spacial score (nSPS) is 18.9. The highest BCUT2D eigenvalue weighted by Gasteiger charge is 2.23. The molecular weight excluding hydrogens is 302 g/mol. The molecule has 0 atom stereocenters. The Kier molecular flexibility index (Phi) is 4.34. The standard InChI is InChI=1S/C19H23N3O2/c23-19(14-7-12-24-13-8-14)21-16-5-6-17(22-10-1-2-11-22)18-15(16)4-3-9-20-18/h3-6,9,14H,1-2,7-8,10-13H2,(H,21,23). The minimum absolute atomic E-state index is 0.0451. The van der Waals surface area contributed by atoms with Gasteiger partial charge in [0.1, 0.15) is 0 Å². The number of anilines is 2. The van der Waals surface area contributed by atoms with E-state index in [1.54, 1.807) is 0 Å². The smallest absolute Gasteiger partial charge is 0.227 e. The van der Waals surface area contributed by atoms with Gasteiger partial charge >= 0.3 is 0 Å². The Morgan fingerprint density at radius 1 is 1.17 bits per heavy atom. The molecule has 24 heavy (non-hydrogen) atoms. The lowest BCUT2D eigenvalue weighted by molar-refractivity contribution is -0.122. The Bertz CT molecular complexity index is 734. The fourth-order valence-electron chi connectivity index (χ4n) is 3.67. The molecule has 5 nitrogen and oxygen atoms in total. The van der Waals surface area contributed by atoms with Crippen molar-refractivity contribution < 1.29 is 9.53 Å². The van der Waals surface area contributed by atoms with E-state index in [2.05, 4.69) is 21.3 Å². The maximum atomic E-state index is 12.6. The summed E-state index contributed by atoms with van der Waals surface area (Å²) in [5.41, 5.74) is 3.01. The molecule has 2 aromatic rings. The van der Waals surface area contributed by atoms with Crippen molar-refractivity contribution in [3.63, 3.8) is 0 Å². The van der Waals surface area contributed by atoms with Gasteiger partial charge in [0.05, 0.1) is 16.9 Å². The highest BCUT2D eigenvalue weighted by atomic mass is 16.5. The first-order chi connectivity index (χ1) is 11.8. The van der Waals surface area contributed by atoms with Gasteiger partial charge in [-0.15, -0.1) is 0 Å². The lowest BCUT2D eigenvalue weighted by atomic mass is 9.99. The van der Waals surface area contributed by atoms with Crippen LogP contribution in [0.15, 0.2) is 30.5 Å². The maximum Gasteiger partial charge on any atom is 0.227 e. The third-order valence-corrected chi connectivity index (χ3v) is 5.05. The largest absolute Gasteiger partial charge is 0.381 e. The molecular formula is C19H23N3O2. The molecule has 2 aliphatic rings. The second-order valence-electron chi connectivity index (χ2n) is 6.60. The van der Waals surface area contributed by atoms with E-state index in [0.717, 1.165) is 42.5 Å². The van der Waals surface area contributed by atoms with Crippen LogP contribution in [0.25, 0.3) is 10.9 Å². The zero-order chi connectivity index (χ0) is 16.4. The molecule has 3 heterocycles. The van der Waals surface area contributed by atoms with Gasteiger partial charge in [0.2, 0.25) is 5.91 Å². The van der Waals surface area contributed by atoms with E-state index in [1.165, 1.54) is 18.5 Å². The number of hydrogen-bond acceptors (Lipinski definition) is 4. The Balaban J connectivity index is 1.64. The molecule has 2 fully saturated rings. The lowest BCUT2D eigenvalue weighted by Gasteiger charge is -2.23. The van der Waals surface area contributed by atoms with Crippen molar-refractivity contribution in [1.82, 2.24) is 4.98 Å². The zero-order valence-electron chi connectivity index (χ0n) is 13.8.